The fraction of sp³-hybridized carbons (Fsp3) is 0.364. The Bertz CT molecular complexity index is 630. The van der Waals surface area contributed by atoms with Crippen LogP contribution < -0.4 is 10.4 Å². The molecule has 1 heterocycles. The molecule has 0 saturated heterocycles. The Labute approximate surface area is 143 Å². The molecule has 1 aromatic carbocycles. The first-order valence-electron chi connectivity index (χ1n) is 8.66. The zero-order chi connectivity index (χ0) is 18.4. The van der Waals surface area contributed by atoms with E-state index in [0.29, 0.717) is 0 Å². The van der Waals surface area contributed by atoms with Gasteiger partial charge in [-0.25, -0.2) is 0 Å². The quantitative estimate of drug-likeness (QED) is 0.669. The largest absolute Gasteiger partial charge is 0.461 e. The Kier molecular flexibility index (Phi) is 13.8. The van der Waals surface area contributed by atoms with Crippen LogP contribution in [0.1, 0.15) is 61.0 Å². The minimum absolute atomic E-state index is 0.816. The lowest BCUT2D eigenvalue weighted by atomic mass is 9.98. The monoisotopic (exact) mass is 314 g/mol. The van der Waals surface area contributed by atoms with E-state index < -0.39 is 0 Å². The molecule has 1 aliphatic heterocycles. The average Bonchev–Trinajstić information content (AvgIpc) is 2.65. The number of hydrogen-bond acceptors (Lipinski definition) is 1. The van der Waals surface area contributed by atoms with Gasteiger partial charge in [-0.05, 0) is 30.7 Å². The normalized spacial score (nSPS) is 12.2. The van der Waals surface area contributed by atoms with E-state index in [1.807, 2.05) is 61.5 Å². The topological polar surface area (TPSA) is 9.23 Å². The molecule has 0 bridgehead atoms. The third-order valence-corrected chi connectivity index (χ3v) is 2.98. The first-order valence-corrected chi connectivity index (χ1v) is 8.66. The molecule has 0 fully saturated rings. The van der Waals surface area contributed by atoms with E-state index in [-0.39, 0.29) is 0 Å². The lowest BCUT2D eigenvalue weighted by Crippen LogP contribution is -2.32. The fourth-order valence-electron chi connectivity index (χ4n) is 2.17. The van der Waals surface area contributed by atoms with Crippen LogP contribution in [-0.2, 0) is 4.74 Å². The van der Waals surface area contributed by atoms with Gasteiger partial charge in [-0.15, -0.1) is 0 Å². The van der Waals surface area contributed by atoms with Crippen molar-refractivity contribution in [1.29, 1.82) is 0 Å². The molecule has 23 heavy (non-hydrogen) atoms. The van der Waals surface area contributed by atoms with Gasteiger partial charge in [0.25, 0.3) is 0 Å². The molecule has 0 aromatic heterocycles. The van der Waals surface area contributed by atoms with Crippen molar-refractivity contribution in [1.82, 2.24) is 0 Å². The summed E-state index contributed by atoms with van der Waals surface area (Å²) >= 11 is 0. The summed E-state index contributed by atoms with van der Waals surface area (Å²) in [7, 11) is 0. The molecule has 0 radical (unpaired) electrons. The molecule has 1 aliphatic rings. The van der Waals surface area contributed by atoms with Crippen molar-refractivity contribution in [2.24, 2.45) is 0 Å². The van der Waals surface area contributed by atoms with Gasteiger partial charge in [-0.1, -0.05) is 85.1 Å². The van der Waals surface area contributed by atoms with E-state index in [2.05, 4.69) is 37.4 Å². The van der Waals surface area contributed by atoms with Crippen molar-refractivity contribution in [3.05, 3.63) is 65.3 Å². The van der Waals surface area contributed by atoms with Crippen LogP contribution in [0.25, 0.3) is 17.4 Å². The summed E-state index contributed by atoms with van der Waals surface area (Å²) in [5.41, 5.74) is 2.21. The summed E-state index contributed by atoms with van der Waals surface area (Å²) in [6, 6.07) is 6.22. The second kappa shape index (κ2) is 13.6. The van der Waals surface area contributed by atoms with Gasteiger partial charge in [0.15, 0.2) is 0 Å². The smallest absolute Gasteiger partial charge is 0.134 e. The van der Waals surface area contributed by atoms with Crippen LogP contribution in [-0.4, -0.2) is 0 Å². The van der Waals surface area contributed by atoms with Gasteiger partial charge in [-0.2, -0.15) is 0 Å². The van der Waals surface area contributed by atoms with Crippen molar-refractivity contribution in [2.75, 3.05) is 0 Å². The van der Waals surface area contributed by atoms with E-state index in [1.165, 1.54) is 0 Å². The molecule has 0 amide bonds. The maximum Gasteiger partial charge on any atom is 0.134 e. The lowest BCUT2D eigenvalue weighted by Gasteiger charge is -2.18. The Morgan fingerprint density at radius 1 is 0.913 bits per heavy atom. The zero-order valence-electron chi connectivity index (χ0n) is 16.3. The number of hydrogen-bond donors (Lipinski definition) is 0. The molecule has 0 aliphatic carbocycles. The Balaban J connectivity index is 0. The van der Waals surface area contributed by atoms with E-state index in [0.717, 1.165) is 33.1 Å². The second-order valence-corrected chi connectivity index (χ2v) is 3.90. The highest BCUT2D eigenvalue weighted by Crippen LogP contribution is 2.24. The Hall–Kier alpha value is -2.02. The van der Waals surface area contributed by atoms with Gasteiger partial charge in [0.1, 0.15) is 11.5 Å². The molecule has 1 nitrogen and oxygen atoms in total. The van der Waals surface area contributed by atoms with Gasteiger partial charge in [0.2, 0.25) is 0 Å². The Morgan fingerprint density at radius 2 is 1.48 bits per heavy atom. The van der Waals surface area contributed by atoms with Crippen LogP contribution in [0.5, 0.6) is 0 Å². The number of allylic oxidation sites excluding steroid dienone is 3. The summed E-state index contributed by atoms with van der Waals surface area (Å²) in [5.74, 6) is 1.69. The van der Waals surface area contributed by atoms with Crippen LogP contribution in [0.15, 0.2) is 49.3 Å². The van der Waals surface area contributed by atoms with Crippen LogP contribution >= 0.6 is 0 Å². The van der Waals surface area contributed by atoms with Gasteiger partial charge < -0.3 is 4.74 Å². The number of benzene rings is 1. The predicted molar refractivity (Wildman–Crippen MR) is 107 cm³/mol. The molecule has 1 heteroatoms. The minimum atomic E-state index is 0.816. The van der Waals surface area contributed by atoms with E-state index in [9.17, 15) is 0 Å². The summed E-state index contributed by atoms with van der Waals surface area (Å²) < 4.78 is 5.79. The van der Waals surface area contributed by atoms with Crippen molar-refractivity contribution in [3.63, 3.8) is 0 Å². The molecule has 0 atom stereocenters. The Morgan fingerprint density at radius 3 is 1.91 bits per heavy atom. The van der Waals surface area contributed by atoms with Gasteiger partial charge in [0, 0.05) is 10.8 Å². The van der Waals surface area contributed by atoms with Crippen molar-refractivity contribution in [2.45, 2.75) is 55.4 Å². The summed E-state index contributed by atoms with van der Waals surface area (Å²) in [5, 5.41) is 2.26. The SMILES string of the molecule is C=CC1=C(C)OC(C=C)=c2c1ccc/c2=C/C.CC.CC.CC. The molecule has 128 valence electrons. The van der Waals surface area contributed by atoms with Crippen LogP contribution in [0, 0.1) is 0 Å². The third-order valence-electron chi connectivity index (χ3n) is 2.98. The lowest BCUT2D eigenvalue weighted by molar-refractivity contribution is 0.384. The van der Waals surface area contributed by atoms with Crippen LogP contribution in [0.3, 0.4) is 0 Å². The third kappa shape index (κ3) is 5.59. The van der Waals surface area contributed by atoms with Crippen molar-refractivity contribution >= 4 is 17.4 Å². The minimum Gasteiger partial charge on any atom is -0.461 e. The van der Waals surface area contributed by atoms with Crippen LogP contribution in [0.4, 0.5) is 0 Å². The number of ether oxygens (including phenoxy) is 1. The highest BCUT2D eigenvalue weighted by molar-refractivity contribution is 5.80. The standard InChI is InChI=1S/C16H16O.3C2H6/c1-5-12-9-8-10-14-13(6-2)11(4)17-15(7-3)16(12)14;3*1-2/h5-10H,2-3H2,1,4H3;3*1-2H3/b12-5-;;;. The second-order valence-electron chi connectivity index (χ2n) is 3.90. The summed E-state index contributed by atoms with van der Waals surface area (Å²) in [4.78, 5) is 0. The zero-order valence-corrected chi connectivity index (χ0v) is 16.3. The highest BCUT2D eigenvalue weighted by atomic mass is 16.5. The van der Waals surface area contributed by atoms with Gasteiger partial charge in [-0.3, -0.25) is 0 Å². The molecule has 0 saturated carbocycles. The molecule has 0 N–H and O–H groups in total. The molecule has 0 unspecified atom stereocenters. The molecule has 1 aromatic rings. The maximum atomic E-state index is 5.79. The van der Waals surface area contributed by atoms with E-state index in [1.54, 1.807) is 6.08 Å². The van der Waals surface area contributed by atoms with Crippen molar-refractivity contribution in [3.8, 4) is 0 Å². The van der Waals surface area contributed by atoms with Gasteiger partial charge in [0.05, 0.1) is 0 Å². The molecular formula is C22H34O. The maximum absolute atomic E-state index is 5.79. The van der Waals surface area contributed by atoms with Crippen molar-refractivity contribution < 1.29 is 4.74 Å². The highest BCUT2D eigenvalue weighted by Gasteiger charge is 2.15. The fourth-order valence-corrected chi connectivity index (χ4v) is 2.17. The predicted octanol–water partition coefficient (Wildman–Crippen LogP) is 5.81. The van der Waals surface area contributed by atoms with Crippen LogP contribution in [0.2, 0.25) is 0 Å². The molecule has 2 rings (SSSR count). The number of rotatable bonds is 2. The number of fused-ring (bicyclic) bond motifs is 1. The average molecular weight is 315 g/mol. The summed E-state index contributed by atoms with van der Waals surface area (Å²) in [6.45, 7) is 23.6. The van der Waals surface area contributed by atoms with Gasteiger partial charge >= 0.3 is 0 Å². The van der Waals surface area contributed by atoms with E-state index in [4.69, 9.17) is 4.74 Å². The first kappa shape index (κ1) is 23.2. The molecule has 0 spiro atoms. The first-order chi connectivity index (χ1) is 11.2. The van der Waals surface area contributed by atoms with E-state index >= 15 is 0 Å². The summed E-state index contributed by atoms with van der Waals surface area (Å²) in [6.07, 6.45) is 5.68. The molecular weight excluding hydrogens is 280 g/mol.